The van der Waals surface area contributed by atoms with E-state index in [1.165, 1.54) is 161 Å². The van der Waals surface area contributed by atoms with Crippen molar-refractivity contribution in [2.75, 3.05) is 47.5 Å². The van der Waals surface area contributed by atoms with Crippen molar-refractivity contribution in [2.24, 2.45) is 0 Å². The Morgan fingerprint density at radius 2 is 0.773 bits per heavy atom. The zero-order valence-electron chi connectivity index (χ0n) is 49.2. The van der Waals surface area contributed by atoms with Crippen molar-refractivity contribution < 1.29 is 42.9 Å². The lowest BCUT2D eigenvalue weighted by Crippen LogP contribution is -2.40. The van der Waals surface area contributed by atoms with Crippen LogP contribution in [0.2, 0.25) is 0 Å². The Labute approximate surface area is 461 Å². The SMILES string of the molecule is CC/C=C\C/C=C\C/C=C\C/C=C\C/C=C\CCCC(=O)OC(COC(=O)CCCCCCCCCCCCCCCCCCCCCCC/C=C\C/C=C\CCCCCCC)COC(OCC[N+](C)(C)C)C(=O)O. The van der Waals surface area contributed by atoms with Crippen LogP contribution in [0.5, 0.6) is 0 Å². The van der Waals surface area contributed by atoms with Gasteiger partial charge < -0.3 is 28.5 Å². The molecule has 0 amide bonds. The molecule has 2 atom stereocenters. The first-order valence-electron chi connectivity index (χ1n) is 30.8. The van der Waals surface area contributed by atoms with Crippen molar-refractivity contribution in [1.82, 2.24) is 0 Å². The number of esters is 2. The van der Waals surface area contributed by atoms with Gasteiger partial charge in [-0.3, -0.25) is 9.59 Å². The fourth-order valence-electron chi connectivity index (χ4n) is 8.43. The molecular formula is C66H116NO8+. The van der Waals surface area contributed by atoms with E-state index in [0.29, 0.717) is 17.4 Å². The summed E-state index contributed by atoms with van der Waals surface area (Å²) in [4.78, 5) is 37.4. The molecule has 0 radical (unpaired) electrons. The highest BCUT2D eigenvalue weighted by atomic mass is 16.7. The number of likely N-dealkylation sites (N-methyl/N-ethyl adjacent to an activating group) is 1. The average Bonchev–Trinajstić information content (AvgIpc) is 3.38. The van der Waals surface area contributed by atoms with Gasteiger partial charge in [-0.15, -0.1) is 0 Å². The Hall–Kier alpha value is -3.53. The monoisotopic (exact) mass is 1050 g/mol. The molecule has 0 aromatic carbocycles. The highest BCUT2D eigenvalue weighted by Crippen LogP contribution is 2.17. The molecule has 0 spiro atoms. The van der Waals surface area contributed by atoms with Gasteiger partial charge in [0.1, 0.15) is 13.2 Å². The number of unbranched alkanes of at least 4 members (excludes halogenated alkanes) is 27. The molecule has 432 valence electrons. The number of rotatable bonds is 56. The van der Waals surface area contributed by atoms with Gasteiger partial charge in [0.05, 0.1) is 34.4 Å². The van der Waals surface area contributed by atoms with Crippen molar-refractivity contribution in [3.05, 3.63) is 85.1 Å². The van der Waals surface area contributed by atoms with E-state index in [9.17, 15) is 19.5 Å². The second kappa shape index (κ2) is 56.7. The van der Waals surface area contributed by atoms with Crippen molar-refractivity contribution >= 4 is 17.9 Å². The van der Waals surface area contributed by atoms with Crippen molar-refractivity contribution in [1.29, 1.82) is 0 Å². The summed E-state index contributed by atoms with van der Waals surface area (Å²) in [5.74, 6) is -2.08. The van der Waals surface area contributed by atoms with Gasteiger partial charge in [0.15, 0.2) is 6.10 Å². The second-order valence-corrected chi connectivity index (χ2v) is 21.6. The second-order valence-electron chi connectivity index (χ2n) is 21.6. The fraction of sp³-hybridized carbons (Fsp3) is 0.742. The summed E-state index contributed by atoms with van der Waals surface area (Å²) in [5, 5.41) is 9.70. The molecule has 9 nitrogen and oxygen atoms in total. The zero-order valence-corrected chi connectivity index (χ0v) is 49.2. The van der Waals surface area contributed by atoms with E-state index < -0.39 is 24.3 Å². The van der Waals surface area contributed by atoms with Crippen molar-refractivity contribution in [3.8, 4) is 0 Å². The molecule has 75 heavy (non-hydrogen) atoms. The molecule has 0 aromatic rings. The number of carboxylic acid groups (broad SMARTS) is 1. The van der Waals surface area contributed by atoms with Gasteiger partial charge in [-0.2, -0.15) is 0 Å². The number of carbonyl (C=O) groups is 3. The van der Waals surface area contributed by atoms with E-state index >= 15 is 0 Å². The predicted octanol–water partition coefficient (Wildman–Crippen LogP) is 18.3. The standard InChI is InChI=1S/C66H115NO8/c1-6-8-10-12-14-16-18-20-22-24-25-26-27-28-29-30-31-32-33-34-35-36-37-38-39-41-42-44-46-48-50-52-54-56-63(68)73-60-62(61-74-66(65(70)71)72-59-58-67(3,4)5)75-64(69)57-55-53-51-49-47-45-43-40-23-21-19-17-15-13-11-9-7-2/h9,11,15,17-18,20-21,23-25,43,45,49,51,62,66H,6-8,10,12-14,16,19,22,26-42,44,46-48,50,52-61H2,1-5H3/p+1/b11-9-,17-15-,20-18-,23-21-,25-24-,45-43-,51-49-. The molecule has 1 N–H and O–H groups in total. The van der Waals surface area contributed by atoms with Gasteiger partial charge in [0.25, 0.3) is 6.29 Å². The first-order valence-corrected chi connectivity index (χ1v) is 30.8. The summed E-state index contributed by atoms with van der Waals surface area (Å²) in [6.45, 7) is 4.70. The Balaban J connectivity index is 4.12. The summed E-state index contributed by atoms with van der Waals surface area (Å²) in [6, 6.07) is 0. The maximum absolute atomic E-state index is 12.8. The Kier molecular flexibility index (Phi) is 54.0. The maximum Gasteiger partial charge on any atom is 0.361 e. The number of allylic oxidation sites excluding steroid dienone is 14. The van der Waals surface area contributed by atoms with Crippen LogP contribution in [0, 0.1) is 0 Å². The number of carbonyl (C=O) groups excluding carboxylic acids is 2. The Morgan fingerprint density at radius 1 is 0.413 bits per heavy atom. The molecule has 0 fully saturated rings. The number of quaternary nitrogens is 1. The van der Waals surface area contributed by atoms with Crippen LogP contribution in [0.25, 0.3) is 0 Å². The third kappa shape index (κ3) is 58.0. The molecular weight excluding hydrogens is 935 g/mol. The van der Waals surface area contributed by atoms with Gasteiger partial charge in [0.2, 0.25) is 0 Å². The molecule has 0 heterocycles. The van der Waals surface area contributed by atoms with E-state index in [4.69, 9.17) is 18.9 Å². The summed E-state index contributed by atoms with van der Waals surface area (Å²) < 4.78 is 22.8. The molecule has 0 aromatic heterocycles. The highest BCUT2D eigenvalue weighted by molar-refractivity contribution is 5.71. The lowest BCUT2D eigenvalue weighted by Gasteiger charge is -2.25. The molecule has 0 aliphatic rings. The highest BCUT2D eigenvalue weighted by Gasteiger charge is 2.25. The lowest BCUT2D eigenvalue weighted by molar-refractivity contribution is -0.870. The number of carboxylic acids is 1. The van der Waals surface area contributed by atoms with Gasteiger partial charge >= 0.3 is 17.9 Å². The van der Waals surface area contributed by atoms with Crippen molar-refractivity contribution in [3.63, 3.8) is 0 Å². The van der Waals surface area contributed by atoms with Gasteiger partial charge in [-0.05, 0) is 83.5 Å². The maximum atomic E-state index is 12.8. The topological polar surface area (TPSA) is 108 Å². The molecule has 0 aliphatic carbocycles. The average molecular weight is 1050 g/mol. The normalized spacial score (nSPS) is 13.3. The van der Waals surface area contributed by atoms with Crippen LogP contribution in [0.4, 0.5) is 0 Å². The first-order chi connectivity index (χ1) is 36.6. The summed E-state index contributed by atoms with van der Waals surface area (Å²) in [7, 11) is 5.95. The molecule has 0 saturated carbocycles. The minimum absolute atomic E-state index is 0.174. The van der Waals surface area contributed by atoms with Crippen LogP contribution in [-0.2, 0) is 33.3 Å². The van der Waals surface area contributed by atoms with E-state index in [0.717, 1.165) is 64.2 Å². The summed E-state index contributed by atoms with van der Waals surface area (Å²) in [5.41, 5.74) is 0. The zero-order chi connectivity index (χ0) is 54.8. The van der Waals surface area contributed by atoms with E-state index in [-0.39, 0.29) is 38.6 Å². The molecule has 0 rings (SSSR count). The number of hydrogen-bond donors (Lipinski definition) is 1. The largest absolute Gasteiger partial charge is 0.477 e. The summed E-state index contributed by atoms with van der Waals surface area (Å²) >= 11 is 0. The minimum atomic E-state index is -1.53. The fourth-order valence-corrected chi connectivity index (χ4v) is 8.43. The smallest absolute Gasteiger partial charge is 0.361 e. The van der Waals surface area contributed by atoms with Crippen molar-refractivity contribution in [2.45, 2.75) is 270 Å². The summed E-state index contributed by atoms with van der Waals surface area (Å²) in [6.07, 6.45) is 72.7. The number of ether oxygens (including phenoxy) is 4. The van der Waals surface area contributed by atoms with E-state index in [1.54, 1.807) is 0 Å². The molecule has 0 aliphatic heterocycles. The van der Waals surface area contributed by atoms with Crippen LogP contribution >= 0.6 is 0 Å². The third-order valence-electron chi connectivity index (χ3n) is 13.1. The minimum Gasteiger partial charge on any atom is -0.477 e. The van der Waals surface area contributed by atoms with Gasteiger partial charge in [-0.25, -0.2) is 4.79 Å². The number of hydrogen-bond acceptors (Lipinski definition) is 7. The number of nitrogens with zero attached hydrogens (tertiary/aromatic N) is 1. The third-order valence-corrected chi connectivity index (χ3v) is 13.1. The number of aliphatic carboxylic acids is 1. The van der Waals surface area contributed by atoms with Crippen LogP contribution in [0.15, 0.2) is 85.1 Å². The molecule has 2 unspecified atom stereocenters. The lowest BCUT2D eigenvalue weighted by atomic mass is 10.0. The van der Waals surface area contributed by atoms with Gasteiger partial charge in [0, 0.05) is 12.8 Å². The first kappa shape index (κ1) is 71.5. The van der Waals surface area contributed by atoms with Crippen LogP contribution < -0.4 is 0 Å². The van der Waals surface area contributed by atoms with Crippen LogP contribution in [-0.4, -0.2) is 87.4 Å². The van der Waals surface area contributed by atoms with Gasteiger partial charge in [-0.1, -0.05) is 247 Å². The molecule has 0 bridgehead atoms. The Morgan fingerprint density at radius 3 is 1.17 bits per heavy atom. The Bertz CT molecular complexity index is 1500. The van der Waals surface area contributed by atoms with E-state index in [2.05, 4.69) is 98.9 Å². The molecule has 9 heteroatoms. The predicted molar refractivity (Wildman–Crippen MR) is 318 cm³/mol. The van der Waals surface area contributed by atoms with Crippen LogP contribution in [0.3, 0.4) is 0 Å². The molecule has 0 saturated heterocycles. The quantitative estimate of drug-likeness (QED) is 0.0211. The van der Waals surface area contributed by atoms with Crippen LogP contribution in [0.1, 0.15) is 258 Å². The van der Waals surface area contributed by atoms with E-state index in [1.807, 2.05) is 21.1 Å².